The molecule has 1 saturated carbocycles. The molecular weight excluding hydrogens is 292 g/mol. The van der Waals surface area contributed by atoms with E-state index in [2.05, 4.69) is 15.7 Å². The number of benzene rings is 1. The SMILES string of the molecule is Cc1cn(-c2ccccc2)nc1NC(=O)NC1CCC(O)CC1. The van der Waals surface area contributed by atoms with Gasteiger partial charge in [-0.1, -0.05) is 18.2 Å². The standard InChI is InChI=1S/C17H22N4O2/c1-12-11-21(14-5-3-2-4-6-14)20-16(12)19-17(23)18-13-7-9-15(22)10-8-13/h2-6,11,13,15,22H,7-10H2,1H3,(H2,18,19,20,23). The Morgan fingerprint density at radius 3 is 2.61 bits per heavy atom. The van der Waals surface area contributed by atoms with E-state index in [0.29, 0.717) is 5.82 Å². The average molecular weight is 314 g/mol. The molecule has 6 heteroatoms. The van der Waals surface area contributed by atoms with Crippen LogP contribution < -0.4 is 10.6 Å². The third-order valence-electron chi connectivity index (χ3n) is 4.18. The summed E-state index contributed by atoms with van der Waals surface area (Å²) in [6, 6.07) is 9.65. The molecule has 1 fully saturated rings. The monoisotopic (exact) mass is 314 g/mol. The normalized spacial score (nSPS) is 21.0. The number of hydrogen-bond acceptors (Lipinski definition) is 3. The second kappa shape index (κ2) is 6.83. The van der Waals surface area contributed by atoms with Crippen LogP contribution in [0.1, 0.15) is 31.2 Å². The summed E-state index contributed by atoms with van der Waals surface area (Å²) in [6.45, 7) is 1.92. The maximum Gasteiger partial charge on any atom is 0.320 e. The summed E-state index contributed by atoms with van der Waals surface area (Å²) in [6.07, 6.45) is 4.78. The lowest BCUT2D eigenvalue weighted by Gasteiger charge is -2.26. The lowest BCUT2D eigenvalue weighted by molar-refractivity contribution is 0.118. The summed E-state index contributed by atoms with van der Waals surface area (Å²) >= 11 is 0. The summed E-state index contributed by atoms with van der Waals surface area (Å²) in [5.41, 5.74) is 1.85. The van der Waals surface area contributed by atoms with Crippen molar-refractivity contribution in [3.63, 3.8) is 0 Å². The molecule has 122 valence electrons. The maximum absolute atomic E-state index is 12.1. The first-order chi connectivity index (χ1) is 11.1. The molecule has 0 aliphatic heterocycles. The number of nitrogens with zero attached hydrogens (tertiary/aromatic N) is 2. The molecule has 2 amide bonds. The molecule has 1 aliphatic rings. The molecule has 1 aromatic heterocycles. The van der Waals surface area contributed by atoms with Gasteiger partial charge < -0.3 is 10.4 Å². The van der Waals surface area contributed by atoms with Gasteiger partial charge in [0.15, 0.2) is 5.82 Å². The first kappa shape index (κ1) is 15.6. The van der Waals surface area contributed by atoms with E-state index in [1.165, 1.54) is 0 Å². The van der Waals surface area contributed by atoms with Crippen LogP contribution in [0.15, 0.2) is 36.5 Å². The number of aromatic nitrogens is 2. The summed E-state index contributed by atoms with van der Waals surface area (Å²) in [4.78, 5) is 12.1. The van der Waals surface area contributed by atoms with Crippen molar-refractivity contribution in [2.45, 2.75) is 44.8 Å². The quantitative estimate of drug-likeness (QED) is 0.815. The molecule has 0 unspecified atom stereocenters. The van der Waals surface area contributed by atoms with Crippen LogP contribution in [0.2, 0.25) is 0 Å². The summed E-state index contributed by atoms with van der Waals surface area (Å²) in [7, 11) is 0. The van der Waals surface area contributed by atoms with E-state index in [1.54, 1.807) is 4.68 Å². The predicted molar refractivity (Wildman–Crippen MR) is 88.7 cm³/mol. The number of rotatable bonds is 3. The fourth-order valence-corrected chi connectivity index (χ4v) is 2.85. The zero-order chi connectivity index (χ0) is 16.2. The van der Waals surface area contributed by atoms with Gasteiger partial charge in [-0.05, 0) is 44.7 Å². The third-order valence-corrected chi connectivity index (χ3v) is 4.18. The van der Waals surface area contributed by atoms with Crippen molar-refractivity contribution in [3.8, 4) is 5.69 Å². The molecule has 0 bridgehead atoms. The first-order valence-corrected chi connectivity index (χ1v) is 7.99. The van der Waals surface area contributed by atoms with Gasteiger partial charge in [0, 0.05) is 17.8 Å². The number of aliphatic hydroxyl groups excluding tert-OH is 1. The molecule has 3 rings (SSSR count). The molecule has 6 nitrogen and oxygen atoms in total. The van der Waals surface area contributed by atoms with E-state index in [9.17, 15) is 9.90 Å². The largest absolute Gasteiger partial charge is 0.393 e. The van der Waals surface area contributed by atoms with Crippen molar-refractivity contribution in [3.05, 3.63) is 42.1 Å². The third kappa shape index (κ3) is 3.90. The number of hydrogen-bond donors (Lipinski definition) is 3. The predicted octanol–water partition coefficient (Wildman–Crippen LogP) is 2.61. The van der Waals surface area contributed by atoms with Crippen molar-refractivity contribution in [2.75, 3.05) is 5.32 Å². The van der Waals surface area contributed by atoms with Gasteiger partial charge in [-0.2, -0.15) is 0 Å². The maximum atomic E-state index is 12.1. The highest BCUT2D eigenvalue weighted by Gasteiger charge is 2.21. The van der Waals surface area contributed by atoms with Gasteiger partial charge >= 0.3 is 6.03 Å². The van der Waals surface area contributed by atoms with Crippen molar-refractivity contribution in [1.29, 1.82) is 0 Å². The van der Waals surface area contributed by atoms with Crippen LogP contribution in [0.5, 0.6) is 0 Å². The Hall–Kier alpha value is -2.34. The minimum Gasteiger partial charge on any atom is -0.393 e. The van der Waals surface area contributed by atoms with E-state index in [-0.39, 0.29) is 18.2 Å². The highest BCUT2D eigenvalue weighted by atomic mass is 16.3. The summed E-state index contributed by atoms with van der Waals surface area (Å²) in [5.74, 6) is 0.558. The Morgan fingerprint density at radius 1 is 1.22 bits per heavy atom. The van der Waals surface area contributed by atoms with Crippen LogP contribution in [0, 0.1) is 6.92 Å². The zero-order valence-corrected chi connectivity index (χ0v) is 13.2. The van der Waals surface area contributed by atoms with Gasteiger partial charge in [0.05, 0.1) is 11.8 Å². The highest BCUT2D eigenvalue weighted by molar-refractivity contribution is 5.89. The number of aryl methyl sites for hydroxylation is 1. The van der Waals surface area contributed by atoms with Gasteiger partial charge in [-0.3, -0.25) is 5.32 Å². The number of amides is 2. The van der Waals surface area contributed by atoms with Crippen molar-refractivity contribution >= 4 is 11.8 Å². The lowest BCUT2D eigenvalue weighted by atomic mass is 9.93. The molecule has 0 atom stereocenters. The molecule has 1 heterocycles. The molecule has 0 spiro atoms. The molecular formula is C17H22N4O2. The number of urea groups is 1. The average Bonchev–Trinajstić information content (AvgIpc) is 2.91. The molecule has 0 radical (unpaired) electrons. The molecule has 2 aromatic rings. The fraction of sp³-hybridized carbons (Fsp3) is 0.412. The molecule has 1 aliphatic carbocycles. The zero-order valence-electron chi connectivity index (χ0n) is 13.2. The first-order valence-electron chi connectivity index (χ1n) is 7.99. The van der Waals surface area contributed by atoms with Gasteiger partial charge in [0.1, 0.15) is 0 Å². The van der Waals surface area contributed by atoms with Crippen molar-refractivity contribution in [1.82, 2.24) is 15.1 Å². The van der Waals surface area contributed by atoms with Crippen LogP contribution in [-0.2, 0) is 0 Å². The summed E-state index contributed by atoms with van der Waals surface area (Å²) < 4.78 is 1.75. The number of carbonyl (C=O) groups excluding carboxylic acids is 1. The van der Waals surface area contributed by atoms with E-state index < -0.39 is 0 Å². The van der Waals surface area contributed by atoms with Gasteiger partial charge in [-0.15, -0.1) is 5.10 Å². The lowest BCUT2D eigenvalue weighted by Crippen LogP contribution is -2.41. The highest BCUT2D eigenvalue weighted by Crippen LogP contribution is 2.19. The van der Waals surface area contributed by atoms with Crippen LogP contribution in [0.3, 0.4) is 0 Å². The van der Waals surface area contributed by atoms with E-state index in [4.69, 9.17) is 0 Å². The number of para-hydroxylation sites is 1. The van der Waals surface area contributed by atoms with Crippen LogP contribution in [0.25, 0.3) is 5.69 Å². The number of nitrogens with one attached hydrogen (secondary N) is 2. The number of anilines is 1. The Labute approximate surface area is 135 Å². The summed E-state index contributed by atoms with van der Waals surface area (Å²) in [5, 5.41) is 19.7. The second-order valence-electron chi connectivity index (χ2n) is 6.04. The topological polar surface area (TPSA) is 79.2 Å². The Morgan fingerprint density at radius 2 is 1.91 bits per heavy atom. The Kier molecular flexibility index (Phi) is 4.62. The molecule has 1 aromatic carbocycles. The van der Waals surface area contributed by atoms with Crippen molar-refractivity contribution < 1.29 is 9.90 Å². The van der Waals surface area contributed by atoms with E-state index in [1.807, 2.05) is 43.5 Å². The minimum absolute atomic E-state index is 0.120. The smallest absolute Gasteiger partial charge is 0.320 e. The number of carbonyl (C=O) groups is 1. The Bertz CT molecular complexity index is 660. The Balaban J connectivity index is 1.61. The molecule has 3 N–H and O–H groups in total. The molecule has 0 saturated heterocycles. The van der Waals surface area contributed by atoms with E-state index in [0.717, 1.165) is 36.9 Å². The van der Waals surface area contributed by atoms with Crippen LogP contribution in [-0.4, -0.2) is 33.1 Å². The molecule has 23 heavy (non-hydrogen) atoms. The van der Waals surface area contributed by atoms with E-state index >= 15 is 0 Å². The van der Waals surface area contributed by atoms with Gasteiger partial charge in [-0.25, -0.2) is 9.48 Å². The van der Waals surface area contributed by atoms with Crippen molar-refractivity contribution in [2.24, 2.45) is 0 Å². The van der Waals surface area contributed by atoms with Crippen LogP contribution >= 0.6 is 0 Å². The fourth-order valence-electron chi connectivity index (χ4n) is 2.85. The minimum atomic E-state index is -0.243. The number of aliphatic hydroxyl groups is 1. The van der Waals surface area contributed by atoms with Gasteiger partial charge in [0.25, 0.3) is 0 Å². The second-order valence-corrected chi connectivity index (χ2v) is 6.04. The van der Waals surface area contributed by atoms with Crippen LogP contribution in [0.4, 0.5) is 10.6 Å². The van der Waals surface area contributed by atoms with Gasteiger partial charge in [0.2, 0.25) is 0 Å².